The Hall–Kier alpha value is -3.28. The zero-order chi connectivity index (χ0) is 17.8. The van der Waals surface area contributed by atoms with Crippen molar-refractivity contribution >= 4 is 28.5 Å². The number of ether oxygens (including phenoxy) is 1. The van der Waals surface area contributed by atoms with E-state index in [1.165, 1.54) is 0 Å². The number of nitrogens with one attached hydrogen (secondary N) is 2. The molecule has 0 radical (unpaired) electrons. The van der Waals surface area contributed by atoms with Gasteiger partial charge in [-0.05, 0) is 37.3 Å². The summed E-state index contributed by atoms with van der Waals surface area (Å²) in [7, 11) is 0. The summed E-state index contributed by atoms with van der Waals surface area (Å²) in [5.74, 6) is -0.637. The lowest BCUT2D eigenvalue weighted by molar-refractivity contribution is -0.115. The maximum Gasteiger partial charge on any atom is 0.352 e. The normalized spacial score (nSPS) is 10.6. The number of carboxylic acids is 1. The van der Waals surface area contributed by atoms with Gasteiger partial charge in [0.25, 0.3) is 0 Å². The van der Waals surface area contributed by atoms with Crippen molar-refractivity contribution in [3.63, 3.8) is 0 Å². The van der Waals surface area contributed by atoms with E-state index in [9.17, 15) is 14.7 Å². The van der Waals surface area contributed by atoms with Crippen LogP contribution in [0.25, 0.3) is 10.9 Å². The molecule has 0 aliphatic heterocycles. The van der Waals surface area contributed by atoms with Gasteiger partial charge in [-0.1, -0.05) is 18.2 Å². The summed E-state index contributed by atoms with van der Waals surface area (Å²) in [5.41, 5.74) is 1.85. The van der Waals surface area contributed by atoms with Gasteiger partial charge >= 0.3 is 5.97 Å². The van der Waals surface area contributed by atoms with E-state index in [4.69, 9.17) is 4.74 Å². The molecule has 0 spiro atoms. The Balaban J connectivity index is 1.79. The van der Waals surface area contributed by atoms with Gasteiger partial charge in [-0.15, -0.1) is 0 Å². The lowest BCUT2D eigenvalue weighted by Gasteiger charge is -2.07. The molecule has 128 valence electrons. The van der Waals surface area contributed by atoms with Crippen LogP contribution in [0.2, 0.25) is 0 Å². The lowest BCUT2D eigenvalue weighted by atomic mass is 10.1. The standard InChI is InChI=1S/C19H18N2O4/c1-2-25-13-9-7-12(8-10-13)20-17(22)11-15-14-5-3-4-6-16(14)21-18(15)19(23)24/h3-10,21H,2,11H2,1H3,(H,20,22)(H,23,24). The van der Waals surface area contributed by atoms with Crippen LogP contribution in [0.3, 0.4) is 0 Å². The number of H-pyrrole nitrogens is 1. The molecule has 3 aromatic rings. The summed E-state index contributed by atoms with van der Waals surface area (Å²) in [4.78, 5) is 26.7. The highest BCUT2D eigenvalue weighted by atomic mass is 16.5. The fourth-order valence-corrected chi connectivity index (χ4v) is 2.73. The molecule has 0 unspecified atom stereocenters. The first kappa shape index (κ1) is 16.6. The zero-order valence-electron chi connectivity index (χ0n) is 13.7. The molecule has 0 atom stereocenters. The first-order chi connectivity index (χ1) is 12.1. The summed E-state index contributed by atoms with van der Waals surface area (Å²) in [5, 5.41) is 12.9. The second kappa shape index (κ2) is 7.09. The number of aromatic carboxylic acids is 1. The quantitative estimate of drug-likeness (QED) is 0.642. The molecule has 2 aromatic carbocycles. The minimum Gasteiger partial charge on any atom is -0.494 e. The number of para-hydroxylation sites is 1. The van der Waals surface area contributed by atoms with Crippen molar-refractivity contribution in [1.29, 1.82) is 0 Å². The minimum atomic E-state index is -1.08. The van der Waals surface area contributed by atoms with E-state index in [2.05, 4.69) is 10.3 Å². The summed E-state index contributed by atoms with van der Waals surface area (Å²) >= 11 is 0. The van der Waals surface area contributed by atoms with Gasteiger partial charge in [0, 0.05) is 22.2 Å². The number of anilines is 1. The predicted molar refractivity (Wildman–Crippen MR) is 95.2 cm³/mol. The molecule has 0 bridgehead atoms. The molecule has 25 heavy (non-hydrogen) atoms. The van der Waals surface area contributed by atoms with Gasteiger partial charge in [-0.3, -0.25) is 4.79 Å². The van der Waals surface area contributed by atoms with Crippen LogP contribution in [0.5, 0.6) is 5.75 Å². The summed E-state index contributed by atoms with van der Waals surface area (Å²) < 4.78 is 5.36. The van der Waals surface area contributed by atoms with E-state index in [1.807, 2.05) is 19.1 Å². The number of hydrogen-bond acceptors (Lipinski definition) is 3. The molecule has 0 aliphatic carbocycles. The van der Waals surface area contributed by atoms with Gasteiger partial charge in [-0.2, -0.15) is 0 Å². The van der Waals surface area contributed by atoms with Gasteiger partial charge in [0.15, 0.2) is 0 Å². The SMILES string of the molecule is CCOc1ccc(NC(=O)Cc2c(C(=O)O)[nH]c3ccccc23)cc1. The van der Waals surface area contributed by atoms with E-state index in [0.717, 1.165) is 11.1 Å². The molecule has 0 saturated carbocycles. The zero-order valence-corrected chi connectivity index (χ0v) is 13.7. The van der Waals surface area contributed by atoms with Crippen LogP contribution >= 0.6 is 0 Å². The van der Waals surface area contributed by atoms with E-state index < -0.39 is 5.97 Å². The number of benzene rings is 2. The van der Waals surface area contributed by atoms with Crippen LogP contribution in [0, 0.1) is 0 Å². The Bertz CT molecular complexity index is 913. The average Bonchev–Trinajstić information content (AvgIpc) is 2.96. The van der Waals surface area contributed by atoms with Gasteiger partial charge in [0.2, 0.25) is 5.91 Å². The average molecular weight is 338 g/mol. The maximum atomic E-state index is 12.4. The minimum absolute atomic E-state index is 0.0289. The van der Waals surface area contributed by atoms with Gasteiger partial charge in [0.1, 0.15) is 11.4 Å². The molecule has 0 fully saturated rings. The highest BCUT2D eigenvalue weighted by Crippen LogP contribution is 2.24. The predicted octanol–water partition coefficient (Wildman–Crippen LogP) is 3.45. The van der Waals surface area contributed by atoms with Crippen molar-refractivity contribution in [3.05, 3.63) is 59.8 Å². The summed E-state index contributed by atoms with van der Waals surface area (Å²) in [6, 6.07) is 14.3. The molecular formula is C19H18N2O4. The first-order valence-electron chi connectivity index (χ1n) is 7.94. The van der Waals surface area contributed by atoms with E-state index in [-0.39, 0.29) is 18.0 Å². The van der Waals surface area contributed by atoms with Gasteiger partial charge < -0.3 is 20.1 Å². The molecule has 0 saturated heterocycles. The Kier molecular flexibility index (Phi) is 4.70. The molecule has 1 heterocycles. The summed E-state index contributed by atoms with van der Waals surface area (Å²) in [6.45, 7) is 2.47. The van der Waals surface area contributed by atoms with Crippen molar-refractivity contribution < 1.29 is 19.4 Å². The van der Waals surface area contributed by atoms with Crippen LogP contribution in [0.15, 0.2) is 48.5 Å². The number of aromatic nitrogens is 1. The van der Waals surface area contributed by atoms with Crippen molar-refractivity contribution in [2.24, 2.45) is 0 Å². The summed E-state index contributed by atoms with van der Waals surface area (Å²) in [6.07, 6.45) is -0.0289. The highest BCUT2D eigenvalue weighted by molar-refractivity contribution is 6.02. The topological polar surface area (TPSA) is 91.4 Å². The number of carbonyl (C=O) groups is 2. The Morgan fingerprint density at radius 2 is 1.84 bits per heavy atom. The van der Waals surface area contributed by atoms with Crippen molar-refractivity contribution in [2.75, 3.05) is 11.9 Å². The third kappa shape index (κ3) is 3.63. The second-order valence-corrected chi connectivity index (χ2v) is 5.51. The van der Waals surface area contributed by atoms with Gasteiger partial charge in [-0.25, -0.2) is 4.79 Å². The molecule has 1 amide bonds. The van der Waals surface area contributed by atoms with E-state index >= 15 is 0 Å². The maximum absolute atomic E-state index is 12.4. The fourth-order valence-electron chi connectivity index (χ4n) is 2.73. The molecule has 6 heteroatoms. The third-order valence-electron chi connectivity index (χ3n) is 3.81. The molecular weight excluding hydrogens is 320 g/mol. The van der Waals surface area contributed by atoms with Crippen molar-refractivity contribution in [3.8, 4) is 5.75 Å². The number of amides is 1. The van der Waals surface area contributed by atoms with E-state index in [0.29, 0.717) is 23.4 Å². The van der Waals surface area contributed by atoms with Crippen LogP contribution in [-0.2, 0) is 11.2 Å². The molecule has 6 nitrogen and oxygen atoms in total. The second-order valence-electron chi connectivity index (χ2n) is 5.51. The number of carboxylic acid groups (broad SMARTS) is 1. The number of hydrogen-bond donors (Lipinski definition) is 3. The number of rotatable bonds is 6. The van der Waals surface area contributed by atoms with E-state index in [1.54, 1.807) is 36.4 Å². The van der Waals surface area contributed by atoms with Crippen LogP contribution in [0.4, 0.5) is 5.69 Å². The number of aromatic amines is 1. The first-order valence-corrected chi connectivity index (χ1v) is 7.94. The fraction of sp³-hybridized carbons (Fsp3) is 0.158. The highest BCUT2D eigenvalue weighted by Gasteiger charge is 2.19. The third-order valence-corrected chi connectivity index (χ3v) is 3.81. The van der Waals surface area contributed by atoms with Crippen molar-refractivity contribution in [1.82, 2.24) is 4.98 Å². The monoisotopic (exact) mass is 338 g/mol. The van der Waals surface area contributed by atoms with Crippen LogP contribution < -0.4 is 10.1 Å². The Morgan fingerprint density at radius 1 is 1.12 bits per heavy atom. The molecule has 1 aromatic heterocycles. The van der Waals surface area contributed by atoms with Crippen molar-refractivity contribution in [2.45, 2.75) is 13.3 Å². The lowest BCUT2D eigenvalue weighted by Crippen LogP contribution is -2.16. The van der Waals surface area contributed by atoms with Crippen LogP contribution in [0.1, 0.15) is 23.0 Å². The number of fused-ring (bicyclic) bond motifs is 1. The Labute approximate surface area is 144 Å². The van der Waals surface area contributed by atoms with Gasteiger partial charge in [0.05, 0.1) is 13.0 Å². The molecule has 3 rings (SSSR count). The van der Waals surface area contributed by atoms with Crippen LogP contribution in [-0.4, -0.2) is 28.6 Å². The largest absolute Gasteiger partial charge is 0.494 e. The smallest absolute Gasteiger partial charge is 0.352 e. The Morgan fingerprint density at radius 3 is 2.52 bits per heavy atom. The number of carbonyl (C=O) groups excluding carboxylic acids is 1. The molecule has 0 aliphatic rings. The molecule has 3 N–H and O–H groups in total.